The largest absolute Gasteiger partial charge is 0.416 e. The summed E-state index contributed by atoms with van der Waals surface area (Å²) in [6, 6.07) is 3.34. The second kappa shape index (κ2) is 7.33. The van der Waals surface area contributed by atoms with Crippen molar-refractivity contribution in [2.75, 3.05) is 18.1 Å². The lowest BCUT2D eigenvalue weighted by Gasteiger charge is -2.28. The molecule has 1 unspecified atom stereocenters. The highest BCUT2D eigenvalue weighted by molar-refractivity contribution is 7.91. The topological polar surface area (TPSA) is 54.5 Å². The molecule has 4 nitrogen and oxygen atoms in total. The lowest BCUT2D eigenvalue weighted by Crippen LogP contribution is -2.42. The van der Waals surface area contributed by atoms with Gasteiger partial charge in [0.25, 0.3) is 5.91 Å². The first kappa shape index (κ1) is 19.5. The molecule has 1 aromatic carbocycles. The van der Waals surface area contributed by atoms with E-state index in [0.717, 1.165) is 24.3 Å². The second-order valence-corrected chi connectivity index (χ2v) is 7.61. The van der Waals surface area contributed by atoms with Gasteiger partial charge in [-0.25, -0.2) is 8.42 Å². The predicted molar refractivity (Wildman–Crippen MR) is 81.9 cm³/mol. The second-order valence-electron chi connectivity index (χ2n) is 5.21. The van der Waals surface area contributed by atoms with Crippen molar-refractivity contribution in [3.8, 4) is 0 Å². The van der Waals surface area contributed by atoms with Crippen LogP contribution in [0.15, 0.2) is 24.3 Å². The van der Waals surface area contributed by atoms with Crippen molar-refractivity contribution in [1.82, 2.24) is 4.90 Å². The maximum atomic E-state index is 12.5. The number of carbonyl (C=O) groups excluding carboxylic acids is 1. The van der Waals surface area contributed by atoms with Crippen LogP contribution in [-0.2, 0) is 16.0 Å². The third-order valence-corrected chi connectivity index (χ3v) is 5.40. The highest BCUT2D eigenvalue weighted by Crippen LogP contribution is 2.29. The Morgan fingerprint density at radius 1 is 1.17 bits per heavy atom. The molecule has 1 atom stereocenters. The molecule has 0 aliphatic carbocycles. The van der Waals surface area contributed by atoms with E-state index < -0.39 is 33.5 Å². The molecule has 1 rings (SSSR count). The lowest BCUT2D eigenvalue weighted by molar-refractivity contribution is -0.137. The summed E-state index contributed by atoms with van der Waals surface area (Å²) >= 11 is 0. The van der Waals surface area contributed by atoms with E-state index >= 15 is 0 Å². The van der Waals surface area contributed by atoms with Crippen molar-refractivity contribution in [3.63, 3.8) is 0 Å². The molecule has 0 heterocycles. The number of halogens is 3. The lowest BCUT2D eigenvalue weighted by atomic mass is 10.1. The average Bonchev–Trinajstić information content (AvgIpc) is 2.46. The maximum absolute atomic E-state index is 12.5. The Morgan fingerprint density at radius 3 is 2.09 bits per heavy atom. The van der Waals surface area contributed by atoms with Crippen LogP contribution < -0.4 is 0 Å². The van der Waals surface area contributed by atoms with Gasteiger partial charge in [-0.1, -0.05) is 6.92 Å². The van der Waals surface area contributed by atoms with E-state index in [9.17, 15) is 26.4 Å². The van der Waals surface area contributed by atoms with Crippen molar-refractivity contribution < 1.29 is 26.4 Å². The van der Waals surface area contributed by atoms with E-state index in [4.69, 9.17) is 0 Å². The molecule has 0 aromatic heterocycles. The van der Waals surface area contributed by atoms with Crippen LogP contribution in [0.3, 0.4) is 0 Å². The van der Waals surface area contributed by atoms with Gasteiger partial charge in [-0.05, 0) is 38.1 Å². The zero-order valence-corrected chi connectivity index (χ0v) is 14.0. The Hall–Kier alpha value is -1.57. The molecule has 0 radical (unpaired) electrons. The maximum Gasteiger partial charge on any atom is 0.416 e. The summed E-state index contributed by atoms with van der Waals surface area (Å²) in [5.41, 5.74) is -0.737. The molecule has 0 saturated heterocycles. The van der Waals surface area contributed by atoms with Gasteiger partial charge in [-0.15, -0.1) is 0 Å². The number of carbonyl (C=O) groups is 1. The average molecular weight is 351 g/mol. The Labute approximate surface area is 134 Å². The summed E-state index contributed by atoms with van der Waals surface area (Å²) in [4.78, 5) is 13.7. The number of hydrogen-bond donors (Lipinski definition) is 0. The summed E-state index contributed by atoms with van der Waals surface area (Å²) in [6.07, 6.45) is -4.46. The van der Waals surface area contributed by atoms with E-state index in [-0.39, 0.29) is 23.6 Å². The predicted octanol–water partition coefficient (Wildman–Crippen LogP) is 2.99. The fraction of sp³-hybridized carbons (Fsp3) is 0.533. The first-order chi connectivity index (χ1) is 10.5. The van der Waals surface area contributed by atoms with E-state index in [0.29, 0.717) is 0 Å². The summed E-state index contributed by atoms with van der Waals surface area (Å²) in [5, 5.41) is 0. The van der Waals surface area contributed by atoms with E-state index in [1.807, 2.05) is 0 Å². The van der Waals surface area contributed by atoms with Crippen molar-refractivity contribution >= 4 is 15.7 Å². The molecule has 1 amide bonds. The number of nitrogens with zero attached hydrogens (tertiary/aromatic N) is 1. The quantitative estimate of drug-likeness (QED) is 0.792. The Bertz CT molecular complexity index is 639. The fourth-order valence-electron chi connectivity index (χ4n) is 2.20. The molecule has 0 aliphatic rings. The van der Waals surface area contributed by atoms with Crippen LogP contribution in [0.25, 0.3) is 0 Å². The van der Waals surface area contributed by atoms with Crippen molar-refractivity contribution in [2.45, 2.75) is 33.0 Å². The third-order valence-electron chi connectivity index (χ3n) is 3.53. The van der Waals surface area contributed by atoms with Gasteiger partial charge >= 0.3 is 6.18 Å². The summed E-state index contributed by atoms with van der Waals surface area (Å²) in [5.74, 6) is -0.687. The molecular formula is C15H20F3NO3S. The minimum atomic E-state index is -4.46. The van der Waals surface area contributed by atoms with E-state index in [2.05, 4.69) is 0 Å². The molecule has 0 N–H and O–H groups in total. The molecule has 0 fully saturated rings. The van der Waals surface area contributed by atoms with Gasteiger partial charge in [-0.2, -0.15) is 13.2 Å². The number of alkyl halides is 3. The molecule has 130 valence electrons. The first-order valence-electron chi connectivity index (χ1n) is 7.20. The highest BCUT2D eigenvalue weighted by atomic mass is 32.2. The smallest absolute Gasteiger partial charge is 0.335 e. The van der Waals surface area contributed by atoms with Gasteiger partial charge in [-0.3, -0.25) is 4.79 Å². The number of sulfone groups is 1. The number of benzene rings is 1. The van der Waals surface area contributed by atoms with Crippen LogP contribution in [0.4, 0.5) is 13.2 Å². The molecule has 0 spiro atoms. The van der Waals surface area contributed by atoms with Crippen LogP contribution in [0.2, 0.25) is 0 Å². The van der Waals surface area contributed by atoms with Crippen LogP contribution in [0.1, 0.15) is 36.7 Å². The molecule has 0 aliphatic heterocycles. The fourth-order valence-corrected chi connectivity index (χ4v) is 3.35. The van der Waals surface area contributed by atoms with Gasteiger partial charge in [0.15, 0.2) is 9.84 Å². The van der Waals surface area contributed by atoms with Crippen LogP contribution in [0, 0.1) is 0 Å². The molecule has 8 heteroatoms. The molecule has 0 bridgehead atoms. The van der Waals surface area contributed by atoms with E-state index in [1.165, 1.54) is 11.8 Å². The van der Waals surface area contributed by atoms with Crippen molar-refractivity contribution in [1.29, 1.82) is 0 Å². The van der Waals surface area contributed by atoms with Crippen molar-refractivity contribution in [3.05, 3.63) is 35.4 Å². The SMILES string of the molecule is CCN(C(=O)c1ccc(C(F)(F)F)cc1)C(C)CS(=O)(=O)CC. The molecular weight excluding hydrogens is 331 g/mol. The zero-order valence-electron chi connectivity index (χ0n) is 13.2. The Balaban J connectivity index is 2.96. The van der Waals surface area contributed by atoms with Gasteiger partial charge < -0.3 is 4.90 Å². The summed E-state index contributed by atoms with van der Waals surface area (Å²) in [6.45, 7) is 5.09. The van der Waals surface area contributed by atoms with Gasteiger partial charge in [0.2, 0.25) is 0 Å². The van der Waals surface area contributed by atoms with Crippen LogP contribution in [-0.4, -0.2) is 43.3 Å². The number of hydrogen-bond acceptors (Lipinski definition) is 3. The standard InChI is InChI=1S/C15H20F3NO3S/c1-4-19(11(3)10-23(21,22)5-2)14(20)12-6-8-13(9-7-12)15(16,17)18/h6-9,11H,4-5,10H2,1-3H3. The van der Waals surface area contributed by atoms with Gasteiger partial charge in [0.1, 0.15) is 0 Å². The van der Waals surface area contributed by atoms with Crippen molar-refractivity contribution in [2.24, 2.45) is 0 Å². The van der Waals surface area contributed by atoms with Gasteiger partial charge in [0, 0.05) is 23.9 Å². The Morgan fingerprint density at radius 2 is 1.70 bits per heavy atom. The molecule has 23 heavy (non-hydrogen) atoms. The van der Waals surface area contributed by atoms with Gasteiger partial charge in [0.05, 0.1) is 11.3 Å². The number of amides is 1. The van der Waals surface area contributed by atoms with Crippen LogP contribution in [0.5, 0.6) is 0 Å². The zero-order chi connectivity index (χ0) is 17.8. The van der Waals surface area contributed by atoms with Crippen LogP contribution >= 0.6 is 0 Å². The Kier molecular flexibility index (Phi) is 6.21. The van der Waals surface area contributed by atoms with E-state index in [1.54, 1.807) is 13.8 Å². The minimum Gasteiger partial charge on any atom is -0.335 e. The molecule has 1 aromatic rings. The normalized spacial score (nSPS) is 13.7. The monoisotopic (exact) mass is 351 g/mol. The minimum absolute atomic E-state index is 0.0244. The number of rotatable bonds is 6. The third kappa shape index (κ3) is 5.23. The first-order valence-corrected chi connectivity index (χ1v) is 9.02. The summed E-state index contributed by atoms with van der Waals surface area (Å²) < 4.78 is 61.0. The highest BCUT2D eigenvalue weighted by Gasteiger charge is 2.31. The molecule has 0 saturated carbocycles. The summed E-state index contributed by atoms with van der Waals surface area (Å²) in [7, 11) is -3.26.